The Morgan fingerprint density at radius 1 is 1.00 bits per heavy atom. The summed E-state index contributed by atoms with van der Waals surface area (Å²) in [7, 11) is 0. The molecule has 6 heteroatoms. The summed E-state index contributed by atoms with van der Waals surface area (Å²) in [4.78, 5) is 14.1. The Balaban J connectivity index is 1.53. The van der Waals surface area contributed by atoms with Crippen molar-refractivity contribution in [3.05, 3.63) is 60.6 Å². The second kappa shape index (κ2) is 5.65. The average molecular weight is 307 g/mol. The van der Waals surface area contributed by atoms with Crippen molar-refractivity contribution in [2.24, 2.45) is 0 Å². The fourth-order valence-corrected chi connectivity index (χ4v) is 3.13. The van der Waals surface area contributed by atoms with Gasteiger partial charge in [-0.25, -0.2) is 15.0 Å². The van der Waals surface area contributed by atoms with Gasteiger partial charge in [-0.2, -0.15) is 0 Å². The molecule has 108 valence electrons. The molecule has 1 aliphatic heterocycles. The number of aromatic nitrogens is 3. The highest BCUT2D eigenvalue weighted by atomic mass is 32.2. The van der Waals surface area contributed by atoms with Crippen molar-refractivity contribution >= 4 is 29.1 Å². The molecule has 2 aromatic heterocycles. The summed E-state index contributed by atoms with van der Waals surface area (Å²) in [6, 6.07) is 12.2. The van der Waals surface area contributed by atoms with Gasteiger partial charge in [-0.05, 0) is 29.8 Å². The molecule has 0 fully saturated rings. The Kier molecular flexibility index (Phi) is 3.36. The Labute approximate surface area is 132 Å². The molecular formula is C16H13N5S. The zero-order chi connectivity index (χ0) is 14.8. The van der Waals surface area contributed by atoms with Crippen LogP contribution in [0.3, 0.4) is 0 Å². The maximum atomic E-state index is 4.33. The lowest BCUT2D eigenvalue weighted by molar-refractivity contribution is 1.04. The van der Waals surface area contributed by atoms with E-state index in [0.717, 1.165) is 33.8 Å². The van der Waals surface area contributed by atoms with Gasteiger partial charge in [0.25, 0.3) is 0 Å². The van der Waals surface area contributed by atoms with Gasteiger partial charge in [0, 0.05) is 30.0 Å². The van der Waals surface area contributed by atoms with Crippen molar-refractivity contribution in [3.8, 4) is 0 Å². The number of hydrogen-bond acceptors (Lipinski definition) is 6. The second-order valence-electron chi connectivity index (χ2n) is 4.84. The fraction of sp³-hybridized carbons (Fsp3) is 0.0625. The van der Waals surface area contributed by atoms with E-state index in [1.165, 1.54) is 5.56 Å². The molecule has 0 bridgehead atoms. The van der Waals surface area contributed by atoms with Crippen molar-refractivity contribution in [3.63, 3.8) is 0 Å². The third kappa shape index (κ3) is 2.60. The van der Waals surface area contributed by atoms with Crippen molar-refractivity contribution in [1.29, 1.82) is 0 Å². The van der Waals surface area contributed by atoms with E-state index in [4.69, 9.17) is 0 Å². The molecule has 4 rings (SSSR count). The molecule has 0 unspecified atom stereocenters. The molecule has 3 aromatic rings. The summed E-state index contributed by atoms with van der Waals surface area (Å²) in [5, 5.41) is 7.57. The molecular weight excluding hydrogens is 294 g/mol. The predicted octanol–water partition coefficient (Wildman–Crippen LogP) is 3.69. The van der Waals surface area contributed by atoms with Crippen molar-refractivity contribution in [2.45, 2.75) is 16.5 Å². The van der Waals surface area contributed by atoms with E-state index in [1.807, 2.05) is 18.2 Å². The minimum absolute atomic E-state index is 0.726. The van der Waals surface area contributed by atoms with E-state index in [1.54, 1.807) is 30.4 Å². The molecule has 0 saturated heterocycles. The molecule has 1 aromatic carbocycles. The Bertz CT molecular complexity index is 807. The van der Waals surface area contributed by atoms with Gasteiger partial charge in [0.1, 0.15) is 10.8 Å². The number of anilines is 3. The standard InChI is InChI=1S/C16H13N5S/c1-2-6-17-14(3-1)20-10-11-4-5-13-12(9-11)21-15-16(22-13)19-8-7-18-15/h1-9H,10H2,(H,17,20)(H,18,21). The predicted molar refractivity (Wildman–Crippen MR) is 87.4 cm³/mol. The third-order valence-corrected chi connectivity index (χ3v) is 4.37. The van der Waals surface area contributed by atoms with Gasteiger partial charge in [0.2, 0.25) is 0 Å². The highest BCUT2D eigenvalue weighted by Gasteiger charge is 2.17. The largest absolute Gasteiger partial charge is 0.366 e. The van der Waals surface area contributed by atoms with Crippen molar-refractivity contribution in [2.75, 3.05) is 10.6 Å². The topological polar surface area (TPSA) is 62.7 Å². The van der Waals surface area contributed by atoms with E-state index in [2.05, 4.69) is 43.8 Å². The molecule has 0 amide bonds. The monoisotopic (exact) mass is 307 g/mol. The second-order valence-corrected chi connectivity index (χ2v) is 5.87. The number of rotatable bonds is 3. The molecule has 22 heavy (non-hydrogen) atoms. The van der Waals surface area contributed by atoms with Gasteiger partial charge in [-0.3, -0.25) is 0 Å². The maximum Gasteiger partial charge on any atom is 0.163 e. The van der Waals surface area contributed by atoms with Crippen LogP contribution >= 0.6 is 11.8 Å². The van der Waals surface area contributed by atoms with E-state index >= 15 is 0 Å². The summed E-state index contributed by atoms with van der Waals surface area (Å²) in [6.45, 7) is 0.726. The molecule has 1 aliphatic rings. The number of nitrogens with zero attached hydrogens (tertiary/aromatic N) is 3. The lowest BCUT2D eigenvalue weighted by Crippen LogP contribution is -2.05. The number of fused-ring (bicyclic) bond motifs is 2. The van der Waals surface area contributed by atoms with Gasteiger partial charge in [-0.15, -0.1) is 0 Å². The summed E-state index contributed by atoms with van der Waals surface area (Å²) in [5.74, 6) is 1.69. The number of benzene rings is 1. The van der Waals surface area contributed by atoms with Gasteiger partial charge in [-0.1, -0.05) is 23.9 Å². The SMILES string of the molecule is c1ccc(NCc2ccc3c(c2)Nc2nccnc2S3)nc1. The number of nitrogens with one attached hydrogen (secondary N) is 2. The van der Waals surface area contributed by atoms with Crippen molar-refractivity contribution in [1.82, 2.24) is 15.0 Å². The van der Waals surface area contributed by atoms with Gasteiger partial charge >= 0.3 is 0 Å². The van der Waals surface area contributed by atoms with Gasteiger partial charge in [0.15, 0.2) is 5.82 Å². The molecule has 2 N–H and O–H groups in total. The van der Waals surface area contributed by atoms with Crippen LogP contribution < -0.4 is 10.6 Å². The van der Waals surface area contributed by atoms with Crippen molar-refractivity contribution < 1.29 is 0 Å². The maximum absolute atomic E-state index is 4.33. The first-order valence-corrected chi connectivity index (χ1v) is 7.74. The molecule has 0 spiro atoms. The first-order chi connectivity index (χ1) is 10.9. The lowest BCUT2D eigenvalue weighted by Gasteiger charge is -2.19. The van der Waals surface area contributed by atoms with Crippen LogP contribution in [0.5, 0.6) is 0 Å². The summed E-state index contributed by atoms with van der Waals surface area (Å²) in [5.41, 5.74) is 2.25. The summed E-state index contributed by atoms with van der Waals surface area (Å²) >= 11 is 1.64. The molecule has 0 radical (unpaired) electrons. The van der Waals surface area contributed by atoms with E-state index < -0.39 is 0 Å². The Morgan fingerprint density at radius 2 is 1.95 bits per heavy atom. The highest BCUT2D eigenvalue weighted by Crippen LogP contribution is 2.41. The van der Waals surface area contributed by atoms with Crippen LogP contribution in [0.4, 0.5) is 17.3 Å². The summed E-state index contributed by atoms with van der Waals surface area (Å²) in [6.07, 6.45) is 5.19. The normalized spacial score (nSPS) is 12.0. The minimum Gasteiger partial charge on any atom is -0.366 e. The summed E-state index contributed by atoms with van der Waals surface area (Å²) < 4.78 is 0. The van der Waals surface area contributed by atoms with E-state index in [-0.39, 0.29) is 0 Å². The molecule has 3 heterocycles. The van der Waals surface area contributed by atoms with Crippen LogP contribution in [0, 0.1) is 0 Å². The first-order valence-electron chi connectivity index (χ1n) is 6.92. The van der Waals surface area contributed by atoms with Crippen LogP contribution in [0.25, 0.3) is 0 Å². The van der Waals surface area contributed by atoms with Gasteiger partial charge in [0.05, 0.1) is 5.69 Å². The Morgan fingerprint density at radius 3 is 2.86 bits per heavy atom. The smallest absolute Gasteiger partial charge is 0.163 e. The Hall–Kier alpha value is -2.60. The number of pyridine rings is 1. The molecule has 0 aliphatic carbocycles. The van der Waals surface area contributed by atoms with E-state index in [0.29, 0.717) is 0 Å². The fourth-order valence-electron chi connectivity index (χ4n) is 2.25. The quantitative estimate of drug-likeness (QED) is 0.602. The van der Waals surface area contributed by atoms with Crippen LogP contribution in [0.2, 0.25) is 0 Å². The van der Waals surface area contributed by atoms with Crippen LogP contribution in [-0.2, 0) is 6.54 Å². The van der Waals surface area contributed by atoms with Crippen LogP contribution in [0.15, 0.2) is 64.9 Å². The zero-order valence-electron chi connectivity index (χ0n) is 11.7. The lowest BCUT2D eigenvalue weighted by atomic mass is 10.2. The number of hydrogen-bond donors (Lipinski definition) is 2. The molecule has 0 atom stereocenters. The molecule has 0 saturated carbocycles. The molecule has 5 nitrogen and oxygen atoms in total. The van der Waals surface area contributed by atoms with Crippen LogP contribution in [-0.4, -0.2) is 15.0 Å². The first kappa shape index (κ1) is 13.1. The highest BCUT2D eigenvalue weighted by molar-refractivity contribution is 7.99. The average Bonchev–Trinajstić information content (AvgIpc) is 2.59. The van der Waals surface area contributed by atoms with Gasteiger partial charge < -0.3 is 10.6 Å². The zero-order valence-corrected chi connectivity index (χ0v) is 12.5. The third-order valence-electron chi connectivity index (χ3n) is 3.31. The minimum atomic E-state index is 0.726. The van der Waals surface area contributed by atoms with Crippen LogP contribution in [0.1, 0.15) is 5.56 Å². The van der Waals surface area contributed by atoms with E-state index in [9.17, 15) is 0 Å².